The van der Waals surface area contributed by atoms with E-state index in [0.717, 1.165) is 52.0 Å². The summed E-state index contributed by atoms with van der Waals surface area (Å²) >= 11 is 0. The molecule has 0 aromatic carbocycles. The number of nitrogens with one attached hydrogen (secondary N) is 2. The summed E-state index contributed by atoms with van der Waals surface area (Å²) in [5.41, 5.74) is -0.921. The molecule has 2 amide bonds. The van der Waals surface area contributed by atoms with E-state index >= 15 is 0 Å². The van der Waals surface area contributed by atoms with Crippen molar-refractivity contribution in [1.29, 1.82) is 0 Å². The van der Waals surface area contributed by atoms with Gasteiger partial charge in [0.2, 0.25) is 0 Å². The largest absolute Gasteiger partial charge is 0.473 e. The molecule has 4 saturated heterocycles. The monoisotopic (exact) mass is 630 g/mol. The number of carbonyl (C=O) groups is 6. The van der Waals surface area contributed by atoms with Crippen LogP contribution in [-0.4, -0.2) is 129 Å². The van der Waals surface area contributed by atoms with Gasteiger partial charge in [0.05, 0.1) is 0 Å². The molecule has 4 heterocycles. The number of likely N-dealkylation sites (tertiary alicyclic amines) is 2. The minimum Gasteiger partial charge on any atom is -0.473 e. The van der Waals surface area contributed by atoms with Gasteiger partial charge in [-0.15, -0.1) is 0 Å². The maximum absolute atomic E-state index is 13.1. The van der Waals surface area contributed by atoms with Crippen molar-refractivity contribution >= 4 is 36.1 Å². The van der Waals surface area contributed by atoms with Crippen LogP contribution in [0.1, 0.15) is 60.8 Å². The summed E-state index contributed by atoms with van der Waals surface area (Å²) in [6.07, 6.45) is 2.85. The van der Waals surface area contributed by atoms with Gasteiger partial charge in [0, 0.05) is 49.6 Å². The van der Waals surface area contributed by atoms with Crippen molar-refractivity contribution in [2.24, 2.45) is 16.7 Å². The van der Waals surface area contributed by atoms with E-state index in [2.05, 4.69) is 10.6 Å². The molecule has 3 unspecified atom stereocenters. The number of carboxylic acids is 4. The first-order valence-electron chi connectivity index (χ1n) is 14.4. The van der Waals surface area contributed by atoms with Gasteiger partial charge in [-0.1, -0.05) is 0 Å². The Morgan fingerprint density at radius 2 is 1.14 bits per heavy atom. The lowest BCUT2D eigenvalue weighted by atomic mass is 9.53. The van der Waals surface area contributed by atoms with Gasteiger partial charge in [-0.2, -0.15) is 0 Å². The zero-order valence-electron chi connectivity index (χ0n) is 26.2. The van der Waals surface area contributed by atoms with Gasteiger partial charge in [0.1, 0.15) is 11.2 Å². The Hall–Kier alpha value is -3.66. The van der Waals surface area contributed by atoms with Gasteiger partial charge in [0.15, 0.2) is 0 Å². The third kappa shape index (κ3) is 9.42. The molecule has 6 N–H and O–H groups in total. The molecule has 250 valence electrons. The highest BCUT2D eigenvalue weighted by Gasteiger charge is 2.65. The second-order valence-corrected chi connectivity index (χ2v) is 13.7. The number of hydrogen-bond donors (Lipinski definition) is 6. The minimum absolute atomic E-state index is 0.0229. The second-order valence-electron chi connectivity index (χ2n) is 13.7. The van der Waals surface area contributed by atoms with Crippen LogP contribution < -0.4 is 10.6 Å². The molecule has 4 aliphatic heterocycles. The molecule has 0 aromatic heterocycles. The van der Waals surface area contributed by atoms with Gasteiger partial charge < -0.3 is 50.3 Å². The van der Waals surface area contributed by atoms with Crippen molar-refractivity contribution in [2.75, 3.05) is 45.8 Å². The Bertz CT molecular complexity index is 1050. The van der Waals surface area contributed by atoms with Gasteiger partial charge in [-0.25, -0.2) is 28.8 Å². The van der Waals surface area contributed by atoms with Crippen LogP contribution in [0.5, 0.6) is 0 Å². The van der Waals surface area contributed by atoms with E-state index in [9.17, 15) is 9.59 Å². The van der Waals surface area contributed by atoms with Crippen molar-refractivity contribution < 1.29 is 58.7 Å². The zero-order valence-corrected chi connectivity index (χ0v) is 26.2. The average Bonchev–Trinajstić information content (AvgIpc) is 2.85. The first-order valence-corrected chi connectivity index (χ1v) is 14.4. The lowest BCUT2D eigenvalue weighted by Gasteiger charge is -2.67. The number of carboxylic acid groups (broad SMARTS) is 4. The molecule has 0 radical (unpaired) electrons. The molecular weight excluding hydrogens is 584 g/mol. The summed E-state index contributed by atoms with van der Waals surface area (Å²) in [5, 5.41) is 36.7. The molecule has 0 aromatic rings. The van der Waals surface area contributed by atoms with Crippen LogP contribution in [0.2, 0.25) is 0 Å². The topological polar surface area (TPSA) is 232 Å². The maximum Gasteiger partial charge on any atom is 0.414 e. The van der Waals surface area contributed by atoms with Crippen LogP contribution in [0.3, 0.4) is 0 Å². The Kier molecular flexibility index (Phi) is 11.6. The lowest BCUT2D eigenvalue weighted by Crippen LogP contribution is -2.79. The molecule has 4 aliphatic rings. The van der Waals surface area contributed by atoms with E-state index in [0.29, 0.717) is 19.0 Å². The average molecular weight is 631 g/mol. The second kappa shape index (κ2) is 14.0. The smallest absolute Gasteiger partial charge is 0.414 e. The highest BCUT2D eigenvalue weighted by molar-refractivity contribution is 6.27. The van der Waals surface area contributed by atoms with E-state index in [4.69, 9.17) is 49.1 Å². The highest BCUT2D eigenvalue weighted by Crippen LogP contribution is 2.55. The SMILES string of the molecule is CC(C)(C)OC(=O)N1CC2(CNCCC2C2N(C(=O)OC(C)(C)C)CC23CCCNC3)C1.O=C(O)C(=O)O.O=C(O)C(=O)O. The van der Waals surface area contributed by atoms with Crippen molar-refractivity contribution in [3.8, 4) is 0 Å². The van der Waals surface area contributed by atoms with Crippen molar-refractivity contribution in [3.63, 3.8) is 0 Å². The fourth-order valence-corrected chi connectivity index (χ4v) is 6.31. The Labute approximate surface area is 256 Å². The standard InChI is InChI=1S/C24H42N4O4.2C2H2O4/c1-21(2,3)31-19(29)27-14-24(15-27)13-26-11-8-17(24)18-23(9-7-10-25-12-23)16-28(18)20(30)32-22(4,5)6;2*3-1(4)2(5)6/h17-18,25-26H,7-16H2,1-6H3;2*(H,3,4)(H,5,6). The number of rotatable bonds is 1. The molecule has 16 heteroatoms. The first kappa shape index (κ1) is 36.5. The van der Waals surface area contributed by atoms with Crippen molar-refractivity contribution in [1.82, 2.24) is 20.4 Å². The first-order chi connectivity index (χ1) is 20.1. The number of nitrogens with zero attached hydrogens (tertiary/aromatic N) is 2. The normalized spacial score (nSPS) is 25.5. The van der Waals surface area contributed by atoms with E-state index in [1.807, 2.05) is 51.3 Å². The fourth-order valence-electron chi connectivity index (χ4n) is 6.31. The van der Waals surface area contributed by atoms with Crippen LogP contribution in [0.4, 0.5) is 9.59 Å². The van der Waals surface area contributed by atoms with Crippen molar-refractivity contribution in [3.05, 3.63) is 0 Å². The predicted molar refractivity (Wildman–Crippen MR) is 153 cm³/mol. The molecule has 0 saturated carbocycles. The fraction of sp³-hybridized carbons (Fsp3) is 0.786. The summed E-state index contributed by atoms with van der Waals surface area (Å²) in [6, 6.07) is 0.146. The molecule has 3 atom stereocenters. The number of amides is 2. The molecule has 44 heavy (non-hydrogen) atoms. The van der Waals surface area contributed by atoms with Crippen LogP contribution >= 0.6 is 0 Å². The summed E-state index contributed by atoms with van der Waals surface area (Å²) in [6.45, 7) is 17.4. The molecule has 2 spiro atoms. The quantitative estimate of drug-likeness (QED) is 0.223. The molecule has 4 fully saturated rings. The molecular formula is C28H46N4O12. The summed E-state index contributed by atoms with van der Waals surface area (Å²) in [4.78, 5) is 66.0. The van der Waals surface area contributed by atoms with E-state index in [1.54, 1.807) is 0 Å². The third-order valence-electron chi connectivity index (χ3n) is 7.89. The minimum atomic E-state index is -1.82. The summed E-state index contributed by atoms with van der Waals surface area (Å²) in [7, 11) is 0. The van der Waals surface area contributed by atoms with Crippen LogP contribution in [0.15, 0.2) is 0 Å². The maximum atomic E-state index is 13.1. The van der Waals surface area contributed by atoms with Crippen LogP contribution in [0.25, 0.3) is 0 Å². The van der Waals surface area contributed by atoms with E-state index in [-0.39, 0.29) is 29.1 Å². The molecule has 0 aliphatic carbocycles. The van der Waals surface area contributed by atoms with E-state index in [1.165, 1.54) is 0 Å². The number of carbonyl (C=O) groups excluding carboxylic acids is 2. The Morgan fingerprint density at radius 3 is 1.57 bits per heavy atom. The molecule has 16 nitrogen and oxygen atoms in total. The number of aliphatic carboxylic acids is 4. The van der Waals surface area contributed by atoms with Gasteiger partial charge in [-0.3, -0.25) is 0 Å². The lowest BCUT2D eigenvalue weighted by molar-refractivity contribution is -0.168. The van der Waals surface area contributed by atoms with Gasteiger partial charge >= 0.3 is 36.1 Å². The van der Waals surface area contributed by atoms with Crippen LogP contribution in [0, 0.1) is 16.7 Å². The van der Waals surface area contributed by atoms with E-state index < -0.39 is 35.1 Å². The third-order valence-corrected chi connectivity index (χ3v) is 7.89. The van der Waals surface area contributed by atoms with Crippen LogP contribution in [-0.2, 0) is 28.7 Å². The molecule has 0 bridgehead atoms. The number of ether oxygens (including phenoxy) is 2. The zero-order chi connectivity index (χ0) is 33.7. The van der Waals surface area contributed by atoms with Gasteiger partial charge in [0.25, 0.3) is 0 Å². The predicted octanol–water partition coefficient (Wildman–Crippen LogP) is 1.13. The number of hydrogen-bond acceptors (Lipinski definition) is 10. The number of piperidine rings is 2. The Morgan fingerprint density at radius 1 is 0.682 bits per heavy atom. The Balaban J connectivity index is 0.000000477. The summed E-state index contributed by atoms with van der Waals surface area (Å²) < 4.78 is 11.4. The molecule has 4 rings (SSSR count). The highest BCUT2D eigenvalue weighted by atomic mass is 16.6. The van der Waals surface area contributed by atoms with Gasteiger partial charge in [-0.05, 0) is 79.8 Å². The van der Waals surface area contributed by atoms with Crippen molar-refractivity contribution in [2.45, 2.75) is 78.0 Å². The summed E-state index contributed by atoms with van der Waals surface area (Å²) in [5.74, 6) is -6.96.